The van der Waals surface area contributed by atoms with Gasteiger partial charge < -0.3 is 33.9 Å². The number of aromatic hydroxyl groups is 2. The Balaban J connectivity index is 1.46. The summed E-state index contributed by atoms with van der Waals surface area (Å²) in [6, 6.07) is 7.74. The lowest BCUT2D eigenvalue weighted by Crippen LogP contribution is -2.16. The molecular weight excluding hydrogens is 576 g/mol. The van der Waals surface area contributed by atoms with Gasteiger partial charge in [0, 0.05) is 12.8 Å². The molecule has 0 saturated carbocycles. The molecule has 0 unspecified atom stereocenters. The number of hydrogen-bond donors (Lipinski definition) is 2. The summed E-state index contributed by atoms with van der Waals surface area (Å²) >= 11 is 0. The molecule has 0 fully saturated rings. The zero-order valence-electron chi connectivity index (χ0n) is 28.5. The molecule has 45 heavy (non-hydrogen) atoms. The summed E-state index contributed by atoms with van der Waals surface area (Å²) in [7, 11) is 0. The van der Waals surface area contributed by atoms with Gasteiger partial charge in [0.25, 0.3) is 0 Å². The fraction of sp³-hybridized carbons (Fsp3) is 0.611. The van der Waals surface area contributed by atoms with E-state index in [1.54, 1.807) is 0 Å². The lowest BCUT2D eigenvalue weighted by atomic mass is 9.83. The Morgan fingerprint density at radius 1 is 0.556 bits per heavy atom. The average Bonchev–Trinajstić information content (AvgIpc) is 2.95. The Bertz CT molecular complexity index is 1140. The van der Waals surface area contributed by atoms with Crippen molar-refractivity contribution in [2.45, 2.75) is 91.9 Å². The van der Waals surface area contributed by atoms with Gasteiger partial charge in [-0.05, 0) is 70.9 Å². The van der Waals surface area contributed by atoms with Gasteiger partial charge in [-0.3, -0.25) is 9.59 Å². The van der Waals surface area contributed by atoms with Crippen molar-refractivity contribution in [3.63, 3.8) is 0 Å². The minimum atomic E-state index is -0.289. The summed E-state index contributed by atoms with van der Waals surface area (Å²) in [5.74, 6) is 0.0420. The molecule has 2 aromatic carbocycles. The van der Waals surface area contributed by atoms with Crippen molar-refractivity contribution in [2.24, 2.45) is 0 Å². The van der Waals surface area contributed by atoms with Crippen LogP contribution in [0.3, 0.4) is 0 Å². The minimum Gasteiger partial charge on any atom is -0.507 e. The highest BCUT2D eigenvalue weighted by atomic mass is 16.6. The van der Waals surface area contributed by atoms with Gasteiger partial charge in [-0.1, -0.05) is 65.8 Å². The number of ether oxygens (including phenoxy) is 5. The molecule has 0 amide bonds. The first-order valence-electron chi connectivity index (χ1n) is 15.8. The number of phenols is 2. The Hall–Kier alpha value is -3.14. The third-order valence-corrected chi connectivity index (χ3v) is 7.30. The third-order valence-electron chi connectivity index (χ3n) is 7.30. The Kier molecular flexibility index (Phi) is 15.3. The number of hydrogen-bond acceptors (Lipinski definition) is 9. The van der Waals surface area contributed by atoms with Crippen LogP contribution in [0.25, 0.3) is 0 Å². The summed E-state index contributed by atoms with van der Waals surface area (Å²) in [5, 5.41) is 20.7. The topological polar surface area (TPSA) is 121 Å². The van der Waals surface area contributed by atoms with Crippen molar-refractivity contribution in [3.05, 3.63) is 57.6 Å². The summed E-state index contributed by atoms with van der Waals surface area (Å²) in [4.78, 5) is 24.2. The molecule has 9 heteroatoms. The van der Waals surface area contributed by atoms with Crippen molar-refractivity contribution < 1.29 is 43.5 Å². The van der Waals surface area contributed by atoms with Crippen LogP contribution >= 0.6 is 0 Å². The Morgan fingerprint density at radius 3 is 1.18 bits per heavy atom. The second kappa shape index (κ2) is 18.1. The van der Waals surface area contributed by atoms with E-state index >= 15 is 0 Å². The van der Waals surface area contributed by atoms with Gasteiger partial charge in [0.15, 0.2) is 0 Å². The van der Waals surface area contributed by atoms with Crippen LogP contribution in [0.4, 0.5) is 0 Å². The first kappa shape index (κ1) is 38.0. The average molecular weight is 631 g/mol. The Morgan fingerprint density at radius 2 is 0.867 bits per heavy atom. The second-order valence-corrected chi connectivity index (χ2v) is 13.4. The van der Waals surface area contributed by atoms with E-state index in [9.17, 15) is 19.8 Å². The van der Waals surface area contributed by atoms with E-state index < -0.39 is 0 Å². The van der Waals surface area contributed by atoms with E-state index in [0.717, 1.165) is 33.4 Å². The van der Waals surface area contributed by atoms with Crippen molar-refractivity contribution in [1.29, 1.82) is 0 Å². The van der Waals surface area contributed by atoms with E-state index in [2.05, 4.69) is 0 Å². The lowest BCUT2D eigenvalue weighted by Gasteiger charge is -2.22. The number of benzene rings is 2. The predicted octanol–water partition coefficient (Wildman–Crippen LogP) is 6.01. The molecule has 0 aromatic heterocycles. The smallest absolute Gasteiger partial charge is 0.306 e. The molecule has 2 rings (SSSR count). The molecule has 0 saturated heterocycles. The summed E-state index contributed by atoms with van der Waals surface area (Å²) in [6.45, 7) is 18.5. The third kappa shape index (κ3) is 13.8. The van der Waals surface area contributed by atoms with E-state index in [1.165, 1.54) is 0 Å². The largest absolute Gasteiger partial charge is 0.507 e. The SMILES string of the molecule is Cc1cc(CCC(=O)OCCOCCOCCOCCOC(=O)CCc2cc(C)c(O)c(C(C)(C)C)c2)cc(C(C)(C)C)c1O. The molecule has 252 valence electrons. The van der Waals surface area contributed by atoms with E-state index in [4.69, 9.17) is 23.7 Å². The highest BCUT2D eigenvalue weighted by Crippen LogP contribution is 2.35. The van der Waals surface area contributed by atoms with E-state index in [0.29, 0.717) is 50.8 Å². The number of carbonyl (C=O) groups is 2. The fourth-order valence-corrected chi connectivity index (χ4v) is 4.75. The standard InChI is InChI=1S/C36H54O9/c1-25-21-27(23-29(33(25)39)35(3,4)5)9-11-31(37)44-19-17-42-15-13-41-14-16-43-18-20-45-32(38)12-10-28-22-26(2)34(40)30(24-28)36(6,7)8/h21-24,39-40H,9-20H2,1-8H3. The first-order chi connectivity index (χ1) is 21.1. The zero-order chi connectivity index (χ0) is 33.6. The normalized spacial score (nSPS) is 11.9. The molecule has 0 aliphatic carbocycles. The van der Waals surface area contributed by atoms with Gasteiger partial charge in [0.1, 0.15) is 24.7 Å². The predicted molar refractivity (Wildman–Crippen MR) is 174 cm³/mol. The van der Waals surface area contributed by atoms with Crippen LogP contribution < -0.4 is 0 Å². The molecule has 2 N–H and O–H groups in total. The zero-order valence-corrected chi connectivity index (χ0v) is 28.5. The number of aryl methyl sites for hydroxylation is 4. The van der Waals surface area contributed by atoms with Crippen molar-refractivity contribution >= 4 is 11.9 Å². The van der Waals surface area contributed by atoms with Crippen LogP contribution in [0.2, 0.25) is 0 Å². The van der Waals surface area contributed by atoms with Crippen molar-refractivity contribution in [2.75, 3.05) is 52.9 Å². The van der Waals surface area contributed by atoms with Crippen LogP contribution in [0.15, 0.2) is 24.3 Å². The van der Waals surface area contributed by atoms with Crippen molar-refractivity contribution in [3.8, 4) is 11.5 Å². The van der Waals surface area contributed by atoms with Gasteiger partial charge in [-0.2, -0.15) is 0 Å². The molecule has 0 atom stereocenters. The van der Waals surface area contributed by atoms with Crippen molar-refractivity contribution in [1.82, 2.24) is 0 Å². The van der Waals surface area contributed by atoms with Gasteiger partial charge >= 0.3 is 11.9 Å². The fourth-order valence-electron chi connectivity index (χ4n) is 4.75. The summed E-state index contributed by atoms with van der Waals surface area (Å²) < 4.78 is 26.9. The van der Waals surface area contributed by atoms with Gasteiger partial charge in [0.2, 0.25) is 0 Å². The molecule has 0 bridgehead atoms. The molecule has 0 aliphatic rings. The van der Waals surface area contributed by atoms with Gasteiger partial charge in [0.05, 0.1) is 39.6 Å². The van der Waals surface area contributed by atoms with Crippen LogP contribution in [-0.4, -0.2) is 75.0 Å². The number of carbonyl (C=O) groups excluding carboxylic acids is 2. The number of phenolic OH excluding ortho intramolecular Hbond substituents is 2. The summed E-state index contributed by atoms with van der Waals surface area (Å²) in [6.07, 6.45) is 1.60. The minimum absolute atomic E-state index is 0.176. The highest BCUT2D eigenvalue weighted by molar-refractivity contribution is 5.70. The highest BCUT2D eigenvalue weighted by Gasteiger charge is 2.21. The molecule has 2 aromatic rings. The number of rotatable bonds is 18. The van der Waals surface area contributed by atoms with Crippen LogP contribution in [0.1, 0.15) is 87.8 Å². The number of esters is 2. The first-order valence-corrected chi connectivity index (χ1v) is 15.8. The van der Waals surface area contributed by atoms with E-state index in [1.807, 2.05) is 79.7 Å². The maximum atomic E-state index is 12.1. The quantitative estimate of drug-likeness (QED) is 0.151. The lowest BCUT2D eigenvalue weighted by molar-refractivity contribution is -0.145. The van der Waals surface area contributed by atoms with Gasteiger partial charge in [-0.15, -0.1) is 0 Å². The van der Waals surface area contributed by atoms with Crippen LogP contribution in [0, 0.1) is 13.8 Å². The van der Waals surface area contributed by atoms with E-state index in [-0.39, 0.29) is 62.0 Å². The molecule has 9 nitrogen and oxygen atoms in total. The molecular formula is C36H54O9. The summed E-state index contributed by atoms with van der Waals surface area (Å²) in [5.41, 5.74) is 4.97. The maximum Gasteiger partial charge on any atom is 0.306 e. The molecule has 0 spiro atoms. The van der Waals surface area contributed by atoms with Crippen LogP contribution in [-0.2, 0) is 56.9 Å². The van der Waals surface area contributed by atoms with Crippen LogP contribution in [0.5, 0.6) is 11.5 Å². The second-order valence-electron chi connectivity index (χ2n) is 13.4. The maximum absolute atomic E-state index is 12.1. The molecule has 0 heterocycles. The Labute approximate surface area is 269 Å². The molecule has 0 radical (unpaired) electrons. The molecule has 0 aliphatic heterocycles. The van der Waals surface area contributed by atoms with Gasteiger partial charge in [-0.25, -0.2) is 0 Å². The monoisotopic (exact) mass is 630 g/mol.